The van der Waals surface area contributed by atoms with Crippen molar-refractivity contribution in [2.45, 2.75) is 147 Å². The van der Waals surface area contributed by atoms with Crippen molar-refractivity contribution >= 4 is 42.9 Å². The molecule has 3 atom stereocenters. The summed E-state index contributed by atoms with van der Waals surface area (Å²) in [5.74, 6) is -1.21. The number of aliphatic hydroxyl groups is 1. The van der Waals surface area contributed by atoms with Crippen molar-refractivity contribution < 1.29 is 38.9 Å². The van der Waals surface area contributed by atoms with E-state index in [2.05, 4.69) is 35.9 Å². The molecule has 1 saturated heterocycles. The first-order chi connectivity index (χ1) is 25.8. The van der Waals surface area contributed by atoms with Gasteiger partial charge in [0.15, 0.2) is 0 Å². The van der Waals surface area contributed by atoms with Crippen molar-refractivity contribution in [3.05, 3.63) is 35.5 Å². The maximum Gasteiger partial charge on any atom is 0.407 e. The van der Waals surface area contributed by atoms with Crippen LogP contribution in [0.15, 0.2) is 35.5 Å². The number of nitrogens with zero attached hydrogens (tertiary/aromatic N) is 2. The van der Waals surface area contributed by atoms with Gasteiger partial charge in [-0.25, -0.2) is 4.79 Å². The minimum Gasteiger partial charge on any atom is -0.465 e. The average molecular weight is 782 g/mol. The van der Waals surface area contributed by atoms with Crippen LogP contribution >= 0.6 is 12.6 Å². The SMILES string of the molecule is C=CC1=C(/C(=C\C)CCCCCCCOC)CN(C(=O)O)C1.CCCC[C@H](NC=O)C(=O)N1CCCC1C(=O)N[C@](C)(CCC)C(N)=O.CO.SC1CC1. The van der Waals surface area contributed by atoms with E-state index in [0.29, 0.717) is 58.1 Å². The third kappa shape index (κ3) is 18.8. The van der Waals surface area contributed by atoms with Gasteiger partial charge >= 0.3 is 6.09 Å². The number of allylic oxidation sites excluding steroid dienone is 1. The monoisotopic (exact) mass is 782 g/mol. The molecule has 1 unspecified atom stereocenters. The molecule has 0 bridgehead atoms. The number of carbonyl (C=O) groups is 5. The molecule has 0 spiro atoms. The van der Waals surface area contributed by atoms with Crippen LogP contribution < -0.4 is 16.4 Å². The smallest absolute Gasteiger partial charge is 0.407 e. The number of carboxylic acid groups (broad SMARTS) is 1. The largest absolute Gasteiger partial charge is 0.465 e. The summed E-state index contributed by atoms with van der Waals surface area (Å²) < 4.78 is 5.05. The van der Waals surface area contributed by atoms with Gasteiger partial charge in [-0.3, -0.25) is 24.1 Å². The maximum absolute atomic E-state index is 12.8. The number of unbranched alkanes of at least 4 members (excludes halogenated alkanes) is 5. The number of hydrogen-bond donors (Lipinski definition) is 6. The highest BCUT2D eigenvalue weighted by atomic mass is 32.1. The van der Waals surface area contributed by atoms with Gasteiger partial charge in [-0.15, -0.1) is 0 Å². The molecule has 0 aromatic heterocycles. The third-order valence-corrected chi connectivity index (χ3v) is 10.2. The molecule has 2 aliphatic heterocycles. The molecule has 0 aromatic carbocycles. The van der Waals surface area contributed by atoms with Crippen LogP contribution in [-0.2, 0) is 23.9 Å². The number of carbonyl (C=O) groups excluding carboxylic acids is 4. The molecule has 2 fully saturated rings. The Morgan fingerprint density at radius 2 is 1.69 bits per heavy atom. The Morgan fingerprint density at radius 3 is 2.19 bits per heavy atom. The van der Waals surface area contributed by atoms with Crippen LogP contribution in [0.5, 0.6) is 0 Å². The first-order valence-electron chi connectivity index (χ1n) is 19.5. The minimum atomic E-state index is -1.13. The first-order valence-corrected chi connectivity index (χ1v) is 20.1. The number of nitrogens with two attached hydrogens (primary N) is 1. The van der Waals surface area contributed by atoms with Crippen molar-refractivity contribution in [1.82, 2.24) is 20.4 Å². The van der Waals surface area contributed by atoms with Crippen LogP contribution in [-0.4, -0.2) is 114 Å². The lowest BCUT2D eigenvalue weighted by Crippen LogP contribution is -2.60. The number of amides is 5. The number of primary amides is 1. The zero-order valence-corrected chi connectivity index (χ0v) is 34.8. The number of ether oxygens (including phenoxy) is 1. The number of methoxy groups -OCH3 is 1. The molecule has 6 N–H and O–H groups in total. The van der Waals surface area contributed by atoms with E-state index in [1.54, 1.807) is 20.1 Å². The second-order valence-corrected chi connectivity index (χ2v) is 14.7. The number of rotatable bonds is 21. The normalized spacial score (nSPS) is 18.1. The molecule has 1 aliphatic carbocycles. The zero-order valence-electron chi connectivity index (χ0n) is 33.9. The lowest BCUT2D eigenvalue weighted by Gasteiger charge is -2.32. The molecule has 13 nitrogen and oxygen atoms in total. The highest BCUT2D eigenvalue weighted by molar-refractivity contribution is 7.81. The summed E-state index contributed by atoms with van der Waals surface area (Å²) in [4.78, 5) is 62.3. The van der Waals surface area contributed by atoms with Crippen molar-refractivity contribution in [3.8, 4) is 0 Å². The Hall–Kier alpha value is -3.36. The van der Waals surface area contributed by atoms with E-state index in [9.17, 15) is 24.0 Å². The van der Waals surface area contributed by atoms with Crippen molar-refractivity contribution in [3.63, 3.8) is 0 Å². The molecule has 0 radical (unpaired) electrons. The van der Waals surface area contributed by atoms with Crippen molar-refractivity contribution in [2.75, 3.05) is 40.5 Å². The van der Waals surface area contributed by atoms with Gasteiger partial charge in [-0.05, 0) is 88.4 Å². The van der Waals surface area contributed by atoms with Gasteiger partial charge in [-0.1, -0.05) is 71.1 Å². The Kier molecular flexibility index (Phi) is 27.2. The average Bonchev–Trinajstić information content (AvgIpc) is 3.59. The second-order valence-electron chi connectivity index (χ2n) is 14.0. The van der Waals surface area contributed by atoms with Crippen molar-refractivity contribution in [1.29, 1.82) is 0 Å². The van der Waals surface area contributed by atoms with E-state index >= 15 is 0 Å². The Morgan fingerprint density at radius 1 is 1.06 bits per heavy atom. The van der Waals surface area contributed by atoms with Crippen LogP contribution in [0, 0.1) is 0 Å². The summed E-state index contributed by atoms with van der Waals surface area (Å²) in [6.45, 7) is 13.6. The summed E-state index contributed by atoms with van der Waals surface area (Å²) in [6.07, 6.45) is 17.8. The van der Waals surface area contributed by atoms with Crippen LogP contribution in [0.4, 0.5) is 4.79 Å². The van der Waals surface area contributed by atoms with Gasteiger partial charge in [0.1, 0.15) is 17.6 Å². The summed E-state index contributed by atoms with van der Waals surface area (Å²) in [5.41, 5.74) is 7.80. The molecule has 310 valence electrons. The molecule has 14 heteroatoms. The fourth-order valence-corrected chi connectivity index (χ4v) is 6.44. The Labute approximate surface area is 330 Å². The predicted molar refractivity (Wildman–Crippen MR) is 218 cm³/mol. The van der Waals surface area contributed by atoms with Gasteiger partial charge in [0, 0.05) is 45.7 Å². The quantitative estimate of drug-likeness (QED) is 0.0498. The third-order valence-electron chi connectivity index (χ3n) is 9.64. The van der Waals surface area contributed by atoms with Crippen LogP contribution in [0.2, 0.25) is 0 Å². The van der Waals surface area contributed by atoms with Crippen LogP contribution in [0.1, 0.15) is 124 Å². The lowest BCUT2D eigenvalue weighted by molar-refractivity contribution is -0.142. The summed E-state index contributed by atoms with van der Waals surface area (Å²) in [6, 6.07) is -1.27. The Balaban J connectivity index is 0.000000909. The molecule has 54 heavy (non-hydrogen) atoms. The number of aliphatic hydroxyl groups excluding tert-OH is 1. The van der Waals surface area contributed by atoms with Gasteiger partial charge in [0.05, 0.1) is 0 Å². The molecule has 5 amide bonds. The molecule has 3 rings (SSSR count). The van der Waals surface area contributed by atoms with E-state index in [0.717, 1.165) is 62.2 Å². The van der Waals surface area contributed by atoms with E-state index in [1.807, 2.05) is 20.8 Å². The second kappa shape index (κ2) is 29.0. The summed E-state index contributed by atoms with van der Waals surface area (Å²) in [7, 11) is 2.74. The van der Waals surface area contributed by atoms with E-state index in [1.165, 1.54) is 47.5 Å². The topological polar surface area (TPSA) is 192 Å². The minimum absolute atomic E-state index is 0.250. The Bertz CT molecular complexity index is 1220. The molecule has 2 heterocycles. The summed E-state index contributed by atoms with van der Waals surface area (Å²) >= 11 is 4.08. The van der Waals surface area contributed by atoms with Gasteiger partial charge in [-0.2, -0.15) is 12.6 Å². The van der Waals surface area contributed by atoms with Crippen molar-refractivity contribution in [2.24, 2.45) is 5.73 Å². The summed E-state index contributed by atoms with van der Waals surface area (Å²) in [5, 5.41) is 22.2. The molecule has 0 aromatic rings. The first kappa shape index (κ1) is 50.6. The standard InChI is InChI=1S/C18H32N4O4.C18H29NO3.C3H6S.CH4O/c1-4-6-8-13(20-12-23)16(25)22-11-7-9-14(22)15(24)21-18(3,10-5-2)17(19)26;1-4-15(11-9-7-6-8-10-12-22-3)17-14-19(18(20)21)13-16(17)5-2;4-3-1-2-3;1-2/h12-14H,4-11H2,1-3H3,(H2,19,26)(H,20,23)(H,21,24);4-5H,2,6-14H2,1,3H3,(H,20,21);3-4H,1-2H2;2H,1H3/b;15-4-;;/t13-,14?,18+;;;/m0.../s1. The zero-order chi connectivity index (χ0) is 41.1. The number of likely N-dealkylation sites (tertiary alicyclic amines) is 1. The highest BCUT2D eigenvalue weighted by Crippen LogP contribution is 2.28. The van der Waals surface area contributed by atoms with Crippen LogP contribution in [0.3, 0.4) is 0 Å². The number of hydrogen-bond acceptors (Lipinski definition) is 8. The van der Waals surface area contributed by atoms with Crippen LogP contribution in [0.25, 0.3) is 0 Å². The molecule has 3 aliphatic rings. The van der Waals surface area contributed by atoms with E-state index < -0.39 is 29.6 Å². The van der Waals surface area contributed by atoms with E-state index in [-0.39, 0.29) is 11.8 Å². The fourth-order valence-electron chi connectivity index (χ4n) is 6.29. The molecular weight excluding hydrogens is 711 g/mol. The number of nitrogens with one attached hydrogen (secondary N) is 2. The molecular formula is C40H71N5O8S. The van der Waals surface area contributed by atoms with E-state index in [4.69, 9.17) is 20.7 Å². The fraction of sp³-hybridized carbons (Fsp3) is 0.725. The molecule has 1 saturated carbocycles. The van der Waals surface area contributed by atoms with Gasteiger partial charge in [0.25, 0.3) is 0 Å². The van der Waals surface area contributed by atoms with Gasteiger partial charge < -0.3 is 36.2 Å². The van der Waals surface area contributed by atoms with Gasteiger partial charge in [0.2, 0.25) is 24.1 Å². The number of thiol groups is 1. The lowest BCUT2D eigenvalue weighted by atomic mass is 9.94. The maximum atomic E-state index is 12.8. The predicted octanol–water partition coefficient (Wildman–Crippen LogP) is 5.53. The highest BCUT2D eigenvalue weighted by Gasteiger charge is 2.40.